The molecule has 5 nitrogen and oxygen atoms in total. The normalized spacial score (nSPS) is 9.62. The minimum Gasteiger partial charge on any atom is -0.381 e. The highest BCUT2D eigenvalue weighted by atomic mass is 16.5. The van der Waals surface area contributed by atoms with Crippen LogP contribution < -0.4 is 11.1 Å². The van der Waals surface area contributed by atoms with E-state index in [9.17, 15) is 9.59 Å². The summed E-state index contributed by atoms with van der Waals surface area (Å²) in [4.78, 5) is 20.7. The molecule has 0 aromatic heterocycles. The Morgan fingerprint density at radius 2 is 2.08 bits per heavy atom. The monoisotopic (exact) mass is 188 g/mol. The second-order valence-corrected chi connectivity index (χ2v) is 2.67. The Balaban J connectivity index is 3.00. The van der Waals surface area contributed by atoms with Crippen molar-refractivity contribution in [3.05, 3.63) is 0 Å². The molecule has 0 aromatic carbocycles. The molecule has 3 N–H and O–H groups in total. The van der Waals surface area contributed by atoms with Gasteiger partial charge in [0.1, 0.15) is 0 Å². The number of carbonyl (C=O) groups is 2. The van der Waals surface area contributed by atoms with E-state index in [1.54, 1.807) is 0 Å². The van der Waals surface area contributed by atoms with Gasteiger partial charge in [-0.25, -0.2) is 0 Å². The molecule has 0 saturated carbocycles. The molecule has 0 fully saturated rings. The lowest BCUT2D eigenvalue weighted by Gasteiger charge is -2.02. The maximum absolute atomic E-state index is 10.4. The molecule has 0 heterocycles. The number of primary amides is 1. The molecule has 0 unspecified atom stereocenters. The van der Waals surface area contributed by atoms with Gasteiger partial charge in [-0.3, -0.25) is 9.59 Å². The zero-order valence-corrected chi connectivity index (χ0v) is 7.84. The van der Waals surface area contributed by atoms with Crippen LogP contribution in [0.25, 0.3) is 0 Å². The van der Waals surface area contributed by atoms with E-state index in [-0.39, 0.29) is 18.2 Å². The topological polar surface area (TPSA) is 81.4 Å². The summed E-state index contributed by atoms with van der Waals surface area (Å²) in [7, 11) is 0. The average molecular weight is 188 g/mol. The van der Waals surface area contributed by atoms with Gasteiger partial charge in [-0.15, -0.1) is 0 Å². The highest BCUT2D eigenvalue weighted by Gasteiger charge is 1.94. The molecular formula is C8H16N2O3. The predicted octanol–water partition coefficient (Wildman–Crippen LogP) is -0.595. The first-order valence-corrected chi connectivity index (χ1v) is 4.23. The van der Waals surface area contributed by atoms with Crippen molar-refractivity contribution in [3.8, 4) is 0 Å². The number of amides is 2. The molecule has 0 aliphatic carbocycles. The number of hydrogen-bond acceptors (Lipinski definition) is 3. The minimum atomic E-state index is -0.359. The van der Waals surface area contributed by atoms with Gasteiger partial charge in [-0.1, -0.05) is 0 Å². The summed E-state index contributed by atoms with van der Waals surface area (Å²) in [5.74, 6) is -0.404. The number of nitrogens with two attached hydrogens (primary N) is 1. The van der Waals surface area contributed by atoms with Crippen molar-refractivity contribution < 1.29 is 14.3 Å². The molecule has 0 aliphatic heterocycles. The SMILES string of the molecule is CC(=O)NCCCOCCC(N)=O. The van der Waals surface area contributed by atoms with Crippen molar-refractivity contribution in [3.63, 3.8) is 0 Å². The lowest BCUT2D eigenvalue weighted by atomic mass is 10.4. The molecule has 0 aliphatic rings. The Kier molecular flexibility index (Phi) is 6.91. The van der Waals surface area contributed by atoms with E-state index in [1.165, 1.54) is 6.92 Å². The van der Waals surface area contributed by atoms with E-state index < -0.39 is 0 Å². The highest BCUT2D eigenvalue weighted by molar-refractivity contribution is 5.73. The largest absolute Gasteiger partial charge is 0.381 e. The number of ether oxygens (including phenoxy) is 1. The quantitative estimate of drug-likeness (QED) is 0.524. The van der Waals surface area contributed by atoms with Crippen LogP contribution >= 0.6 is 0 Å². The van der Waals surface area contributed by atoms with Crippen LogP contribution in [0.15, 0.2) is 0 Å². The van der Waals surface area contributed by atoms with Crippen LogP contribution in [0.5, 0.6) is 0 Å². The molecule has 0 atom stereocenters. The highest BCUT2D eigenvalue weighted by Crippen LogP contribution is 1.84. The van der Waals surface area contributed by atoms with Gasteiger partial charge in [-0.2, -0.15) is 0 Å². The Morgan fingerprint density at radius 3 is 2.62 bits per heavy atom. The number of rotatable bonds is 7. The van der Waals surface area contributed by atoms with E-state index in [4.69, 9.17) is 10.5 Å². The smallest absolute Gasteiger partial charge is 0.219 e. The summed E-state index contributed by atoms with van der Waals surface area (Å²) in [6.45, 7) is 2.96. The lowest BCUT2D eigenvalue weighted by Crippen LogP contribution is -2.22. The van der Waals surface area contributed by atoms with Crippen molar-refractivity contribution in [2.24, 2.45) is 5.73 Å². The van der Waals surface area contributed by atoms with Gasteiger partial charge in [0.05, 0.1) is 6.61 Å². The van der Waals surface area contributed by atoms with Crippen molar-refractivity contribution in [1.29, 1.82) is 0 Å². The summed E-state index contributed by atoms with van der Waals surface area (Å²) in [5, 5.41) is 2.63. The van der Waals surface area contributed by atoms with Crippen LogP contribution in [-0.4, -0.2) is 31.6 Å². The molecular weight excluding hydrogens is 172 g/mol. The third-order valence-electron chi connectivity index (χ3n) is 1.33. The zero-order valence-electron chi connectivity index (χ0n) is 7.84. The van der Waals surface area contributed by atoms with Gasteiger partial charge >= 0.3 is 0 Å². The van der Waals surface area contributed by atoms with Gasteiger partial charge in [-0.05, 0) is 6.42 Å². The third-order valence-corrected chi connectivity index (χ3v) is 1.33. The van der Waals surface area contributed by atoms with E-state index in [0.29, 0.717) is 19.8 Å². The first-order chi connectivity index (χ1) is 6.13. The van der Waals surface area contributed by atoms with Crippen LogP contribution in [0, 0.1) is 0 Å². The Hall–Kier alpha value is -1.10. The van der Waals surface area contributed by atoms with Crippen LogP contribution in [0.3, 0.4) is 0 Å². The van der Waals surface area contributed by atoms with Gasteiger partial charge < -0.3 is 15.8 Å². The van der Waals surface area contributed by atoms with Gasteiger partial charge in [0.15, 0.2) is 0 Å². The van der Waals surface area contributed by atoms with Gasteiger partial charge in [0.2, 0.25) is 11.8 Å². The van der Waals surface area contributed by atoms with E-state index in [2.05, 4.69) is 5.32 Å². The predicted molar refractivity (Wildman–Crippen MR) is 47.9 cm³/mol. The standard InChI is InChI=1S/C8H16N2O3/c1-7(11)10-4-2-5-13-6-3-8(9)12/h2-6H2,1H3,(H2,9,12)(H,10,11). The fourth-order valence-corrected chi connectivity index (χ4v) is 0.713. The van der Waals surface area contributed by atoms with Crippen molar-refractivity contribution in [2.45, 2.75) is 19.8 Å². The molecule has 5 heteroatoms. The maximum Gasteiger partial charge on any atom is 0.219 e. The number of hydrogen-bond donors (Lipinski definition) is 2. The van der Waals surface area contributed by atoms with Gasteiger partial charge in [0.25, 0.3) is 0 Å². The minimum absolute atomic E-state index is 0.0443. The molecule has 13 heavy (non-hydrogen) atoms. The molecule has 0 rings (SSSR count). The average Bonchev–Trinajstić information content (AvgIpc) is 2.01. The van der Waals surface area contributed by atoms with Crippen LogP contribution in [0.2, 0.25) is 0 Å². The Bertz CT molecular complexity index is 153. The Labute approximate surface area is 77.6 Å². The van der Waals surface area contributed by atoms with Crippen molar-refractivity contribution >= 4 is 11.8 Å². The van der Waals surface area contributed by atoms with E-state index >= 15 is 0 Å². The van der Waals surface area contributed by atoms with Crippen molar-refractivity contribution in [1.82, 2.24) is 5.32 Å². The first-order valence-electron chi connectivity index (χ1n) is 4.23. The maximum atomic E-state index is 10.4. The van der Waals surface area contributed by atoms with E-state index in [1.807, 2.05) is 0 Å². The van der Waals surface area contributed by atoms with Crippen molar-refractivity contribution in [2.75, 3.05) is 19.8 Å². The summed E-state index contributed by atoms with van der Waals surface area (Å²) in [5.41, 5.74) is 4.90. The molecule has 0 saturated heterocycles. The van der Waals surface area contributed by atoms with Crippen LogP contribution in [0.4, 0.5) is 0 Å². The summed E-state index contributed by atoms with van der Waals surface area (Å²) >= 11 is 0. The number of carbonyl (C=O) groups excluding carboxylic acids is 2. The molecule has 0 spiro atoms. The molecule has 2 amide bonds. The van der Waals surface area contributed by atoms with E-state index in [0.717, 1.165) is 6.42 Å². The fourth-order valence-electron chi connectivity index (χ4n) is 0.713. The fraction of sp³-hybridized carbons (Fsp3) is 0.750. The first kappa shape index (κ1) is 11.9. The number of nitrogens with one attached hydrogen (secondary N) is 1. The summed E-state index contributed by atoms with van der Waals surface area (Å²) < 4.78 is 5.07. The summed E-state index contributed by atoms with van der Waals surface area (Å²) in [6, 6.07) is 0. The molecule has 0 radical (unpaired) electrons. The second kappa shape index (κ2) is 7.54. The van der Waals surface area contributed by atoms with Crippen LogP contribution in [-0.2, 0) is 14.3 Å². The lowest BCUT2D eigenvalue weighted by molar-refractivity contribution is -0.119. The third kappa shape index (κ3) is 10.9. The van der Waals surface area contributed by atoms with Gasteiger partial charge in [0, 0.05) is 26.5 Å². The second-order valence-electron chi connectivity index (χ2n) is 2.67. The molecule has 76 valence electrons. The summed E-state index contributed by atoms with van der Waals surface area (Å²) in [6.07, 6.45) is 0.998. The zero-order chi connectivity index (χ0) is 10.1. The molecule has 0 aromatic rings. The Morgan fingerprint density at radius 1 is 1.38 bits per heavy atom. The van der Waals surface area contributed by atoms with Crippen LogP contribution in [0.1, 0.15) is 19.8 Å². The molecule has 0 bridgehead atoms.